The van der Waals surface area contributed by atoms with Crippen molar-refractivity contribution in [2.75, 3.05) is 6.61 Å². The highest BCUT2D eigenvalue weighted by atomic mass is 32.2. The smallest absolute Gasteiger partial charge is 0.240 e. The van der Waals surface area contributed by atoms with Gasteiger partial charge in [0.25, 0.3) is 0 Å². The van der Waals surface area contributed by atoms with Gasteiger partial charge in [0.2, 0.25) is 10.0 Å². The molecule has 0 heterocycles. The van der Waals surface area contributed by atoms with Crippen LogP contribution < -0.4 is 9.46 Å². The Morgan fingerprint density at radius 3 is 2.50 bits per heavy atom. The van der Waals surface area contributed by atoms with Crippen LogP contribution in [0, 0.1) is 11.8 Å². The highest BCUT2D eigenvalue weighted by molar-refractivity contribution is 7.89. The predicted octanol–water partition coefficient (Wildman–Crippen LogP) is 2.55. The van der Waals surface area contributed by atoms with Crippen LogP contribution in [0.2, 0.25) is 0 Å². The maximum Gasteiger partial charge on any atom is 0.240 e. The molecule has 4 nitrogen and oxygen atoms in total. The molecule has 3 rings (SSSR count). The number of hydrogen-bond donors (Lipinski definition) is 1. The standard InChI is InChI=1S/C15H21NO3S/c1-2-19-13-5-7-14(8-6-13)20(17,18)16-15-10-11-3-4-12(15)9-11/h5-8,11-12,15-16H,2-4,9-10H2,1H3/t11-,12+,15+/m0/s1. The molecule has 2 bridgehead atoms. The molecule has 110 valence electrons. The number of sulfonamides is 1. The van der Waals surface area contributed by atoms with Gasteiger partial charge in [-0.3, -0.25) is 0 Å². The SMILES string of the molecule is CCOc1ccc(S(=O)(=O)N[C@@H]2C[C@H]3CC[C@@H]2C3)cc1. The second-order valence-electron chi connectivity index (χ2n) is 5.81. The third-order valence-electron chi connectivity index (χ3n) is 4.49. The van der Waals surface area contributed by atoms with E-state index in [-0.39, 0.29) is 6.04 Å². The highest BCUT2D eigenvalue weighted by Gasteiger charge is 2.41. The summed E-state index contributed by atoms with van der Waals surface area (Å²) >= 11 is 0. The van der Waals surface area contributed by atoms with Gasteiger partial charge in [0.15, 0.2) is 0 Å². The number of ether oxygens (including phenoxy) is 1. The molecular formula is C15H21NO3S. The zero-order valence-electron chi connectivity index (χ0n) is 11.7. The molecule has 0 aliphatic heterocycles. The van der Waals surface area contributed by atoms with E-state index in [9.17, 15) is 8.42 Å². The summed E-state index contributed by atoms with van der Waals surface area (Å²) in [4.78, 5) is 0.323. The molecule has 0 spiro atoms. The zero-order valence-corrected chi connectivity index (χ0v) is 12.5. The van der Waals surface area contributed by atoms with Gasteiger partial charge in [-0.05, 0) is 62.3 Å². The summed E-state index contributed by atoms with van der Waals surface area (Å²) < 4.78 is 33.0. The number of fused-ring (bicyclic) bond motifs is 2. The zero-order chi connectivity index (χ0) is 14.2. The minimum absolute atomic E-state index is 0.130. The minimum Gasteiger partial charge on any atom is -0.494 e. The maximum atomic E-state index is 12.4. The van der Waals surface area contributed by atoms with Crippen molar-refractivity contribution in [1.29, 1.82) is 0 Å². The van der Waals surface area contributed by atoms with Crippen molar-refractivity contribution < 1.29 is 13.2 Å². The van der Waals surface area contributed by atoms with Crippen molar-refractivity contribution in [3.63, 3.8) is 0 Å². The summed E-state index contributed by atoms with van der Waals surface area (Å²) in [5.74, 6) is 1.97. The molecule has 1 N–H and O–H groups in total. The molecule has 3 atom stereocenters. The first-order valence-corrected chi connectivity index (χ1v) is 8.82. The van der Waals surface area contributed by atoms with E-state index in [4.69, 9.17) is 4.74 Å². The fourth-order valence-corrected chi connectivity index (χ4v) is 4.86. The maximum absolute atomic E-state index is 12.4. The molecule has 20 heavy (non-hydrogen) atoms. The topological polar surface area (TPSA) is 55.4 Å². The summed E-state index contributed by atoms with van der Waals surface area (Å²) in [7, 11) is -3.40. The lowest BCUT2D eigenvalue weighted by Crippen LogP contribution is -2.38. The van der Waals surface area contributed by atoms with Gasteiger partial charge in [0.1, 0.15) is 5.75 Å². The first-order chi connectivity index (χ1) is 9.58. The van der Waals surface area contributed by atoms with Gasteiger partial charge in [-0.1, -0.05) is 6.42 Å². The third-order valence-corrected chi connectivity index (χ3v) is 6.00. The van der Waals surface area contributed by atoms with Crippen molar-refractivity contribution >= 4 is 10.0 Å². The van der Waals surface area contributed by atoms with Gasteiger partial charge in [0.05, 0.1) is 11.5 Å². The van der Waals surface area contributed by atoms with Gasteiger partial charge in [-0.2, -0.15) is 0 Å². The molecule has 1 aromatic rings. The molecule has 2 aliphatic carbocycles. The van der Waals surface area contributed by atoms with Crippen LogP contribution in [0.15, 0.2) is 29.2 Å². The van der Waals surface area contributed by atoms with Crippen LogP contribution in [0.4, 0.5) is 0 Å². The minimum atomic E-state index is -3.40. The van der Waals surface area contributed by atoms with E-state index in [1.165, 1.54) is 19.3 Å². The van der Waals surface area contributed by atoms with Crippen molar-refractivity contribution in [3.8, 4) is 5.75 Å². The Bertz CT molecular complexity index is 567. The average Bonchev–Trinajstić information content (AvgIpc) is 3.01. The fourth-order valence-electron chi connectivity index (χ4n) is 3.54. The molecule has 0 amide bonds. The van der Waals surface area contributed by atoms with Gasteiger partial charge in [-0.25, -0.2) is 13.1 Å². The average molecular weight is 295 g/mol. The lowest BCUT2D eigenvalue weighted by atomic mass is 9.96. The molecule has 5 heteroatoms. The van der Waals surface area contributed by atoms with E-state index in [1.807, 2.05) is 6.92 Å². The molecule has 2 fully saturated rings. The van der Waals surface area contributed by atoms with Crippen molar-refractivity contribution in [3.05, 3.63) is 24.3 Å². The molecule has 2 aliphatic rings. The molecule has 0 radical (unpaired) electrons. The Balaban J connectivity index is 1.71. The Kier molecular flexibility index (Phi) is 3.73. The van der Waals surface area contributed by atoms with Crippen LogP contribution >= 0.6 is 0 Å². The van der Waals surface area contributed by atoms with Gasteiger partial charge in [-0.15, -0.1) is 0 Å². The molecule has 0 saturated heterocycles. The van der Waals surface area contributed by atoms with Crippen LogP contribution in [-0.2, 0) is 10.0 Å². The van der Waals surface area contributed by atoms with E-state index >= 15 is 0 Å². The summed E-state index contributed by atoms with van der Waals surface area (Å²) in [5.41, 5.74) is 0. The largest absolute Gasteiger partial charge is 0.494 e. The monoisotopic (exact) mass is 295 g/mol. The van der Waals surface area contributed by atoms with E-state index in [0.717, 1.165) is 12.3 Å². The van der Waals surface area contributed by atoms with Crippen molar-refractivity contribution in [2.24, 2.45) is 11.8 Å². The Morgan fingerprint density at radius 2 is 1.95 bits per heavy atom. The van der Waals surface area contributed by atoms with Gasteiger partial charge < -0.3 is 4.74 Å². The molecule has 0 aromatic heterocycles. The van der Waals surface area contributed by atoms with E-state index in [1.54, 1.807) is 24.3 Å². The van der Waals surface area contributed by atoms with Gasteiger partial charge in [0, 0.05) is 6.04 Å². The summed E-state index contributed by atoms with van der Waals surface area (Å²) in [6, 6.07) is 6.77. The molecular weight excluding hydrogens is 274 g/mol. The van der Waals surface area contributed by atoms with Crippen LogP contribution in [0.5, 0.6) is 5.75 Å². The Morgan fingerprint density at radius 1 is 1.20 bits per heavy atom. The van der Waals surface area contributed by atoms with E-state index in [2.05, 4.69) is 4.72 Å². The Hall–Kier alpha value is -1.07. The second-order valence-corrected chi connectivity index (χ2v) is 7.52. The predicted molar refractivity (Wildman–Crippen MR) is 77.2 cm³/mol. The first kappa shape index (κ1) is 13.9. The summed E-state index contributed by atoms with van der Waals surface area (Å²) in [6.45, 7) is 2.48. The van der Waals surface area contributed by atoms with E-state index < -0.39 is 10.0 Å². The van der Waals surface area contributed by atoms with Crippen molar-refractivity contribution in [2.45, 2.75) is 43.5 Å². The summed E-state index contributed by atoms with van der Waals surface area (Å²) in [5, 5.41) is 0. The molecule has 1 aromatic carbocycles. The van der Waals surface area contributed by atoms with Gasteiger partial charge >= 0.3 is 0 Å². The lowest BCUT2D eigenvalue weighted by molar-refractivity contribution is 0.340. The molecule has 2 saturated carbocycles. The second kappa shape index (κ2) is 5.37. The quantitative estimate of drug-likeness (QED) is 0.908. The van der Waals surface area contributed by atoms with E-state index in [0.29, 0.717) is 23.2 Å². The summed E-state index contributed by atoms with van der Waals surface area (Å²) in [6.07, 6.45) is 4.63. The van der Waals surface area contributed by atoms with Crippen LogP contribution in [-0.4, -0.2) is 21.1 Å². The Labute approximate surface area is 120 Å². The lowest BCUT2D eigenvalue weighted by Gasteiger charge is -2.22. The number of rotatable bonds is 5. The van der Waals surface area contributed by atoms with Crippen LogP contribution in [0.1, 0.15) is 32.6 Å². The normalized spacial score (nSPS) is 28.8. The number of benzene rings is 1. The van der Waals surface area contributed by atoms with Crippen LogP contribution in [0.25, 0.3) is 0 Å². The number of hydrogen-bond acceptors (Lipinski definition) is 3. The number of nitrogens with one attached hydrogen (secondary N) is 1. The first-order valence-electron chi connectivity index (χ1n) is 7.33. The van der Waals surface area contributed by atoms with Crippen LogP contribution in [0.3, 0.4) is 0 Å². The highest BCUT2D eigenvalue weighted by Crippen LogP contribution is 2.44. The third kappa shape index (κ3) is 2.69. The molecule has 0 unspecified atom stereocenters. The fraction of sp³-hybridized carbons (Fsp3) is 0.600. The van der Waals surface area contributed by atoms with Crippen molar-refractivity contribution in [1.82, 2.24) is 4.72 Å².